The van der Waals surface area contributed by atoms with Crippen LogP contribution in [0.4, 0.5) is 4.39 Å². The molecular weight excluding hydrogens is 347 g/mol. The van der Waals surface area contributed by atoms with E-state index in [1.807, 2.05) is 0 Å². The Hall–Kier alpha value is -2.26. The number of aromatic nitrogens is 2. The highest BCUT2D eigenvalue weighted by atomic mass is 32.2. The van der Waals surface area contributed by atoms with Gasteiger partial charge in [0, 0.05) is 38.6 Å². The van der Waals surface area contributed by atoms with Gasteiger partial charge in [0.25, 0.3) is 0 Å². The van der Waals surface area contributed by atoms with E-state index in [9.17, 15) is 17.6 Å². The number of rotatable bonds is 4. The van der Waals surface area contributed by atoms with E-state index in [1.54, 1.807) is 35.0 Å². The van der Waals surface area contributed by atoms with Gasteiger partial charge in [-0.2, -0.15) is 9.40 Å². The van der Waals surface area contributed by atoms with Crippen LogP contribution in [-0.2, 0) is 14.8 Å². The molecule has 0 N–H and O–H groups in total. The van der Waals surface area contributed by atoms with Crippen molar-refractivity contribution in [3.63, 3.8) is 0 Å². The third kappa shape index (κ3) is 3.42. The largest absolute Gasteiger partial charge is 0.338 e. The quantitative estimate of drug-likeness (QED) is 0.813. The predicted octanol–water partition coefficient (Wildman–Crippen LogP) is 1.12. The smallest absolute Gasteiger partial charge is 0.247 e. The molecule has 0 aliphatic carbocycles. The zero-order chi connectivity index (χ0) is 18.0. The van der Waals surface area contributed by atoms with E-state index >= 15 is 0 Å². The van der Waals surface area contributed by atoms with Gasteiger partial charge in [0.1, 0.15) is 16.8 Å². The van der Waals surface area contributed by atoms with Gasteiger partial charge in [-0.3, -0.25) is 9.48 Å². The molecule has 1 aromatic heterocycles. The maximum atomic E-state index is 13.8. The lowest BCUT2D eigenvalue weighted by Crippen LogP contribution is -2.51. The van der Waals surface area contributed by atoms with Gasteiger partial charge < -0.3 is 4.90 Å². The van der Waals surface area contributed by atoms with Crippen molar-refractivity contribution in [3.05, 3.63) is 48.5 Å². The van der Waals surface area contributed by atoms with Gasteiger partial charge in [0.2, 0.25) is 15.9 Å². The van der Waals surface area contributed by atoms with Crippen LogP contribution in [0.25, 0.3) is 0 Å². The third-order valence-electron chi connectivity index (χ3n) is 4.28. The molecule has 0 radical (unpaired) electrons. The van der Waals surface area contributed by atoms with Crippen LogP contribution < -0.4 is 0 Å². The first-order chi connectivity index (χ1) is 11.9. The fourth-order valence-corrected chi connectivity index (χ4v) is 4.32. The van der Waals surface area contributed by atoms with Crippen molar-refractivity contribution in [2.45, 2.75) is 17.9 Å². The number of sulfonamides is 1. The Kier molecular flexibility index (Phi) is 4.87. The Labute approximate surface area is 145 Å². The molecule has 3 rings (SSSR count). The third-order valence-corrected chi connectivity index (χ3v) is 6.22. The number of carbonyl (C=O) groups excluding carboxylic acids is 1. The van der Waals surface area contributed by atoms with E-state index in [0.717, 1.165) is 6.07 Å². The van der Waals surface area contributed by atoms with Crippen LogP contribution >= 0.6 is 0 Å². The average molecular weight is 366 g/mol. The summed E-state index contributed by atoms with van der Waals surface area (Å²) in [6, 6.07) is 6.59. The minimum absolute atomic E-state index is 0.119. The molecule has 0 spiro atoms. The SMILES string of the molecule is CC(C(=O)N1CCN(S(=O)(=O)c2ccccc2F)CC1)n1cccn1. The monoisotopic (exact) mass is 366 g/mol. The molecule has 0 bridgehead atoms. The molecule has 1 atom stereocenters. The number of hydrogen-bond donors (Lipinski definition) is 0. The summed E-state index contributed by atoms with van der Waals surface area (Å²) in [7, 11) is -3.90. The lowest BCUT2D eigenvalue weighted by Gasteiger charge is -2.35. The van der Waals surface area contributed by atoms with E-state index in [2.05, 4.69) is 5.10 Å². The summed E-state index contributed by atoms with van der Waals surface area (Å²) in [5.41, 5.74) is 0. The van der Waals surface area contributed by atoms with E-state index in [-0.39, 0.29) is 37.0 Å². The first-order valence-electron chi connectivity index (χ1n) is 7.94. The van der Waals surface area contributed by atoms with Gasteiger partial charge in [-0.25, -0.2) is 12.8 Å². The van der Waals surface area contributed by atoms with Crippen molar-refractivity contribution in [3.8, 4) is 0 Å². The lowest BCUT2D eigenvalue weighted by molar-refractivity contribution is -0.135. The molecule has 1 aliphatic rings. The summed E-state index contributed by atoms with van der Waals surface area (Å²) in [4.78, 5) is 13.8. The zero-order valence-corrected chi connectivity index (χ0v) is 14.6. The molecular formula is C16H19FN4O3S. The fraction of sp³-hybridized carbons (Fsp3) is 0.375. The lowest BCUT2D eigenvalue weighted by atomic mass is 10.2. The van der Waals surface area contributed by atoms with E-state index in [4.69, 9.17) is 0 Å². The Bertz CT molecular complexity index is 846. The van der Waals surface area contributed by atoms with Gasteiger partial charge in [0.05, 0.1) is 0 Å². The molecule has 1 aromatic carbocycles. The van der Waals surface area contributed by atoms with Crippen LogP contribution in [-0.4, -0.2) is 59.5 Å². The number of nitrogens with zero attached hydrogens (tertiary/aromatic N) is 4. The molecule has 1 unspecified atom stereocenters. The molecule has 1 fully saturated rings. The zero-order valence-electron chi connectivity index (χ0n) is 13.7. The van der Waals surface area contributed by atoms with Crippen LogP contribution in [0.1, 0.15) is 13.0 Å². The van der Waals surface area contributed by atoms with Crippen molar-refractivity contribution < 1.29 is 17.6 Å². The number of halogens is 1. The molecule has 7 nitrogen and oxygen atoms in total. The minimum atomic E-state index is -3.90. The highest BCUT2D eigenvalue weighted by Crippen LogP contribution is 2.21. The number of piperazine rings is 1. The molecule has 25 heavy (non-hydrogen) atoms. The molecule has 0 saturated carbocycles. The van der Waals surface area contributed by atoms with Crippen LogP contribution in [0.5, 0.6) is 0 Å². The summed E-state index contributed by atoms with van der Waals surface area (Å²) >= 11 is 0. The van der Waals surface area contributed by atoms with Crippen LogP contribution in [0.2, 0.25) is 0 Å². The molecule has 134 valence electrons. The second-order valence-corrected chi connectivity index (χ2v) is 7.73. The fourth-order valence-electron chi connectivity index (χ4n) is 2.83. The summed E-state index contributed by atoms with van der Waals surface area (Å²) in [5, 5.41) is 4.06. The Morgan fingerprint density at radius 1 is 1.16 bits per heavy atom. The van der Waals surface area contributed by atoms with Crippen molar-refractivity contribution in [2.24, 2.45) is 0 Å². The Morgan fingerprint density at radius 2 is 1.84 bits per heavy atom. The number of amides is 1. The molecule has 2 heterocycles. The first kappa shape index (κ1) is 17.6. The summed E-state index contributed by atoms with van der Waals surface area (Å²) in [5.74, 6) is -0.889. The van der Waals surface area contributed by atoms with Crippen LogP contribution in [0, 0.1) is 5.82 Å². The maximum absolute atomic E-state index is 13.8. The number of benzene rings is 1. The topological polar surface area (TPSA) is 75.5 Å². The maximum Gasteiger partial charge on any atom is 0.247 e. The molecule has 1 aliphatic heterocycles. The van der Waals surface area contributed by atoms with Crippen molar-refractivity contribution in [1.29, 1.82) is 0 Å². The summed E-state index contributed by atoms with van der Waals surface area (Å²) in [6.07, 6.45) is 3.31. The average Bonchev–Trinajstić information content (AvgIpc) is 3.15. The van der Waals surface area contributed by atoms with Crippen molar-refractivity contribution in [1.82, 2.24) is 19.0 Å². The second-order valence-electron chi connectivity index (χ2n) is 5.82. The first-order valence-corrected chi connectivity index (χ1v) is 9.38. The second kappa shape index (κ2) is 6.93. The predicted molar refractivity (Wildman–Crippen MR) is 88.7 cm³/mol. The van der Waals surface area contributed by atoms with Crippen LogP contribution in [0.15, 0.2) is 47.6 Å². The molecule has 2 aromatic rings. The minimum Gasteiger partial charge on any atom is -0.338 e. The number of hydrogen-bond acceptors (Lipinski definition) is 4. The van der Waals surface area contributed by atoms with Gasteiger partial charge >= 0.3 is 0 Å². The van der Waals surface area contributed by atoms with Crippen molar-refractivity contribution >= 4 is 15.9 Å². The summed E-state index contributed by atoms with van der Waals surface area (Å²) < 4.78 is 41.8. The summed E-state index contributed by atoms with van der Waals surface area (Å²) in [6.45, 7) is 2.54. The van der Waals surface area contributed by atoms with Gasteiger partial charge in [-0.1, -0.05) is 12.1 Å². The van der Waals surface area contributed by atoms with E-state index < -0.39 is 21.9 Å². The standard InChI is InChI=1S/C16H19FN4O3S/c1-13(21-8-4-7-18-21)16(22)19-9-11-20(12-10-19)25(23,24)15-6-3-2-5-14(15)17/h2-8,13H,9-12H2,1H3. The van der Waals surface area contributed by atoms with E-state index in [1.165, 1.54) is 22.5 Å². The highest BCUT2D eigenvalue weighted by molar-refractivity contribution is 7.89. The van der Waals surface area contributed by atoms with Crippen LogP contribution in [0.3, 0.4) is 0 Å². The van der Waals surface area contributed by atoms with Gasteiger partial charge in [-0.05, 0) is 25.1 Å². The van der Waals surface area contributed by atoms with Gasteiger partial charge in [0.15, 0.2) is 0 Å². The van der Waals surface area contributed by atoms with Crippen molar-refractivity contribution in [2.75, 3.05) is 26.2 Å². The van der Waals surface area contributed by atoms with Gasteiger partial charge in [-0.15, -0.1) is 0 Å². The Morgan fingerprint density at radius 3 is 2.44 bits per heavy atom. The molecule has 1 saturated heterocycles. The molecule has 9 heteroatoms. The Balaban J connectivity index is 1.68. The van der Waals surface area contributed by atoms with E-state index in [0.29, 0.717) is 0 Å². The molecule has 1 amide bonds. The highest BCUT2D eigenvalue weighted by Gasteiger charge is 2.33. The normalized spacial score (nSPS) is 17.4. The number of carbonyl (C=O) groups is 1.